The topological polar surface area (TPSA) is 58.6 Å². The summed E-state index contributed by atoms with van der Waals surface area (Å²) in [6, 6.07) is 63.5. The lowest BCUT2D eigenvalue weighted by Gasteiger charge is -2.23. The van der Waals surface area contributed by atoms with Crippen LogP contribution in [0.15, 0.2) is 187 Å². The Morgan fingerprint density at radius 3 is 1.92 bits per heavy atom. The van der Waals surface area contributed by atoms with Crippen LogP contribution >= 0.6 is 0 Å². The fourth-order valence-electron chi connectivity index (χ4n) is 6.66. The molecule has 5 nitrogen and oxygen atoms in total. The van der Waals surface area contributed by atoms with Gasteiger partial charge in [-0.25, -0.2) is 0 Å². The van der Waals surface area contributed by atoms with Gasteiger partial charge in [-0.05, 0) is 64.7 Å². The zero-order valence-corrected chi connectivity index (χ0v) is 27.7. The van der Waals surface area contributed by atoms with Crippen LogP contribution in [0.1, 0.15) is 11.1 Å². The first-order chi connectivity index (χ1) is 24.7. The van der Waals surface area contributed by atoms with Gasteiger partial charge in [-0.1, -0.05) is 140 Å². The molecular weight excluding hydrogens is 611 g/mol. The van der Waals surface area contributed by atoms with E-state index in [0.717, 1.165) is 39.2 Å². The van der Waals surface area contributed by atoms with Crippen LogP contribution in [0, 0.1) is 0 Å². The number of hydrogen-bond donors (Lipinski definition) is 2. The van der Waals surface area contributed by atoms with Crippen molar-refractivity contribution < 1.29 is 0 Å². The first kappa shape index (κ1) is 30.7. The SMILES string of the molecule is N/C(=N\N(CNc1ccc(-c2ccc3c(c2)c2ccccc2n3-c2ccccc2)cc1-c1ccccc1)Cc1ccccc1)c1ccccc1. The second-order valence-corrected chi connectivity index (χ2v) is 12.4. The van der Waals surface area contributed by atoms with E-state index in [1.165, 1.54) is 27.4 Å². The van der Waals surface area contributed by atoms with Crippen molar-refractivity contribution >= 4 is 33.3 Å². The lowest BCUT2D eigenvalue weighted by Crippen LogP contribution is -2.28. The smallest absolute Gasteiger partial charge is 0.150 e. The predicted molar refractivity (Wildman–Crippen MR) is 209 cm³/mol. The summed E-state index contributed by atoms with van der Waals surface area (Å²) in [5.74, 6) is 0.478. The Morgan fingerprint density at radius 2 is 1.16 bits per heavy atom. The molecule has 1 aromatic heterocycles. The highest BCUT2D eigenvalue weighted by molar-refractivity contribution is 6.10. The first-order valence-corrected chi connectivity index (χ1v) is 16.9. The monoisotopic (exact) mass is 647 g/mol. The number of nitrogens with two attached hydrogens (primary N) is 1. The van der Waals surface area contributed by atoms with Gasteiger partial charge in [0.25, 0.3) is 0 Å². The number of hydrogen-bond acceptors (Lipinski definition) is 3. The van der Waals surface area contributed by atoms with Crippen molar-refractivity contribution in [2.24, 2.45) is 10.8 Å². The summed E-state index contributed by atoms with van der Waals surface area (Å²) < 4.78 is 2.35. The van der Waals surface area contributed by atoms with E-state index in [4.69, 9.17) is 10.8 Å². The molecule has 1 heterocycles. The second-order valence-electron chi connectivity index (χ2n) is 12.4. The van der Waals surface area contributed by atoms with E-state index >= 15 is 0 Å². The molecule has 0 atom stereocenters. The van der Waals surface area contributed by atoms with Crippen LogP contribution in [0.2, 0.25) is 0 Å². The molecule has 0 spiro atoms. The van der Waals surface area contributed by atoms with E-state index in [0.29, 0.717) is 19.0 Å². The molecule has 7 aromatic carbocycles. The van der Waals surface area contributed by atoms with Gasteiger partial charge >= 0.3 is 0 Å². The molecular formula is C45H37N5. The number of nitrogens with zero attached hydrogens (tertiary/aromatic N) is 3. The molecule has 0 aliphatic heterocycles. The molecule has 0 aliphatic rings. The Kier molecular flexibility index (Phi) is 8.52. The van der Waals surface area contributed by atoms with E-state index in [-0.39, 0.29) is 0 Å². The van der Waals surface area contributed by atoms with Crippen LogP contribution in [-0.4, -0.2) is 22.1 Å². The summed E-state index contributed by atoms with van der Waals surface area (Å²) in [4.78, 5) is 0. The first-order valence-electron chi connectivity index (χ1n) is 16.9. The Hall–Kier alpha value is -6.59. The molecule has 0 unspecified atom stereocenters. The summed E-state index contributed by atoms with van der Waals surface area (Å²) in [6.45, 7) is 1.07. The highest BCUT2D eigenvalue weighted by atomic mass is 15.5. The third-order valence-corrected chi connectivity index (χ3v) is 9.10. The molecule has 0 aliphatic carbocycles. The third kappa shape index (κ3) is 6.32. The lowest BCUT2D eigenvalue weighted by atomic mass is 9.96. The van der Waals surface area contributed by atoms with Gasteiger partial charge in [0.2, 0.25) is 0 Å². The predicted octanol–water partition coefficient (Wildman–Crippen LogP) is 10.3. The Bertz CT molecular complexity index is 2400. The quantitative estimate of drug-likeness (QED) is 0.0672. The number of anilines is 1. The zero-order chi connectivity index (χ0) is 33.7. The van der Waals surface area contributed by atoms with Crippen LogP contribution in [0.5, 0.6) is 0 Å². The van der Waals surface area contributed by atoms with E-state index in [2.05, 4.69) is 143 Å². The highest BCUT2D eigenvalue weighted by Gasteiger charge is 2.15. The number of fused-ring (bicyclic) bond motifs is 3. The molecule has 8 aromatic rings. The maximum atomic E-state index is 6.51. The van der Waals surface area contributed by atoms with Crippen LogP contribution in [-0.2, 0) is 6.54 Å². The van der Waals surface area contributed by atoms with Gasteiger partial charge in [0.05, 0.1) is 17.6 Å². The number of amidine groups is 1. The van der Waals surface area contributed by atoms with Crippen LogP contribution in [0.4, 0.5) is 5.69 Å². The van der Waals surface area contributed by atoms with E-state index in [9.17, 15) is 0 Å². The minimum atomic E-state index is 0.465. The Morgan fingerprint density at radius 1 is 0.560 bits per heavy atom. The zero-order valence-electron chi connectivity index (χ0n) is 27.7. The average Bonchev–Trinajstić information content (AvgIpc) is 3.52. The summed E-state index contributed by atoms with van der Waals surface area (Å²) in [7, 11) is 0. The number of aromatic nitrogens is 1. The molecule has 0 radical (unpaired) electrons. The summed E-state index contributed by atoms with van der Waals surface area (Å²) >= 11 is 0. The molecule has 0 saturated heterocycles. The molecule has 0 fully saturated rings. The van der Waals surface area contributed by atoms with E-state index < -0.39 is 0 Å². The fourth-order valence-corrected chi connectivity index (χ4v) is 6.66. The van der Waals surface area contributed by atoms with Crippen LogP contribution in [0.25, 0.3) is 49.7 Å². The molecule has 0 saturated carbocycles. The largest absolute Gasteiger partial charge is 0.382 e. The molecule has 0 amide bonds. The molecule has 50 heavy (non-hydrogen) atoms. The van der Waals surface area contributed by atoms with Crippen molar-refractivity contribution in [3.05, 3.63) is 193 Å². The van der Waals surface area contributed by atoms with Crippen LogP contribution < -0.4 is 11.1 Å². The average molecular weight is 648 g/mol. The van der Waals surface area contributed by atoms with Crippen LogP contribution in [0.3, 0.4) is 0 Å². The minimum absolute atomic E-state index is 0.465. The minimum Gasteiger partial charge on any atom is -0.382 e. The summed E-state index contributed by atoms with van der Waals surface area (Å²) in [5.41, 5.74) is 17.7. The maximum absolute atomic E-state index is 6.51. The Balaban J connectivity index is 1.16. The van der Waals surface area contributed by atoms with Crippen molar-refractivity contribution in [1.82, 2.24) is 9.58 Å². The fraction of sp³-hybridized carbons (Fsp3) is 0.0444. The van der Waals surface area contributed by atoms with Gasteiger partial charge < -0.3 is 15.6 Å². The Labute approximate surface area is 292 Å². The number of hydrazone groups is 1. The second kappa shape index (κ2) is 13.9. The van der Waals surface area contributed by atoms with Crippen molar-refractivity contribution in [3.8, 4) is 27.9 Å². The normalized spacial score (nSPS) is 11.6. The third-order valence-electron chi connectivity index (χ3n) is 9.10. The van der Waals surface area contributed by atoms with Crippen molar-refractivity contribution in [1.29, 1.82) is 0 Å². The molecule has 5 heteroatoms. The molecule has 8 rings (SSSR count). The number of rotatable bonds is 10. The van der Waals surface area contributed by atoms with Gasteiger partial charge in [0.1, 0.15) is 6.67 Å². The lowest BCUT2D eigenvalue weighted by molar-refractivity contribution is 0.300. The van der Waals surface area contributed by atoms with Gasteiger partial charge in [-0.15, -0.1) is 0 Å². The van der Waals surface area contributed by atoms with Gasteiger partial charge in [-0.2, -0.15) is 5.10 Å². The van der Waals surface area contributed by atoms with Crippen molar-refractivity contribution in [2.45, 2.75) is 6.54 Å². The van der Waals surface area contributed by atoms with Crippen molar-refractivity contribution in [2.75, 3.05) is 12.0 Å². The number of benzene rings is 7. The molecule has 242 valence electrons. The van der Waals surface area contributed by atoms with Gasteiger partial charge in [0.15, 0.2) is 5.84 Å². The van der Waals surface area contributed by atoms with Gasteiger partial charge in [-0.3, -0.25) is 5.01 Å². The molecule has 3 N–H and O–H groups in total. The van der Waals surface area contributed by atoms with Gasteiger partial charge in [0, 0.05) is 33.3 Å². The maximum Gasteiger partial charge on any atom is 0.150 e. The van der Waals surface area contributed by atoms with E-state index in [1.54, 1.807) is 0 Å². The van der Waals surface area contributed by atoms with E-state index in [1.807, 2.05) is 53.5 Å². The molecule has 0 bridgehead atoms. The number of para-hydroxylation sites is 2. The highest BCUT2D eigenvalue weighted by Crippen LogP contribution is 2.37. The number of nitrogens with one attached hydrogen (secondary N) is 1. The summed E-state index contributed by atoms with van der Waals surface area (Å²) in [6.07, 6.45) is 0. The van der Waals surface area contributed by atoms with Crippen molar-refractivity contribution in [3.63, 3.8) is 0 Å². The standard InChI is InChI=1S/C45H37N5/c46-45(35-19-9-3-10-20-35)48-49(31-33-15-5-1-6-16-33)32-47-42-27-25-36(29-40(42)34-17-7-2-8-18-34)37-26-28-44-41(30-37)39-23-13-14-24-43(39)50(44)38-21-11-4-12-22-38/h1-30,47H,31-32H2,(H2,46,48). The summed E-state index contributed by atoms with van der Waals surface area (Å²) in [5, 5.41) is 13.0.